The molecule has 0 saturated heterocycles. The zero-order chi connectivity index (χ0) is 15.9. The molecule has 2 amide bonds. The first-order chi connectivity index (χ1) is 10.6. The molecule has 8 nitrogen and oxygen atoms in total. The molecule has 9 heteroatoms. The van der Waals surface area contributed by atoms with E-state index in [1.54, 1.807) is 12.1 Å². The summed E-state index contributed by atoms with van der Waals surface area (Å²) in [6.07, 6.45) is 0.978. The number of azide groups is 1. The van der Waals surface area contributed by atoms with Gasteiger partial charge in [0.2, 0.25) is 0 Å². The van der Waals surface area contributed by atoms with Gasteiger partial charge in [-0.3, -0.25) is 0 Å². The number of carbonyl (C=O) groups excluding carboxylic acids is 2. The zero-order valence-electron chi connectivity index (χ0n) is 11.5. The number of ether oxygens (including phenoxy) is 1. The fourth-order valence-electron chi connectivity index (χ4n) is 1.93. The topological polar surface area (TPSA) is 116 Å². The fraction of sp³-hybridized carbons (Fsp3) is 0.308. The van der Waals surface area contributed by atoms with Gasteiger partial charge in [-0.05, 0) is 0 Å². The van der Waals surface area contributed by atoms with Crippen molar-refractivity contribution in [3.8, 4) is 0 Å². The molecular formula is C13H13N5O3W. The first-order valence-electron chi connectivity index (χ1n) is 6.54. The summed E-state index contributed by atoms with van der Waals surface area (Å²) in [6, 6.07) is 5.34. The molecule has 0 bridgehead atoms. The Kier molecular flexibility index (Phi) is 5.69. The summed E-state index contributed by atoms with van der Waals surface area (Å²) in [5.41, 5.74) is 10.5. The van der Waals surface area contributed by atoms with Crippen molar-refractivity contribution in [1.29, 1.82) is 0 Å². The van der Waals surface area contributed by atoms with Crippen LogP contribution in [0.5, 0.6) is 0 Å². The molecule has 2 rings (SSSR count). The molecule has 0 atom stereocenters. The molecule has 1 heterocycles. The molecule has 0 aromatic heterocycles. The van der Waals surface area contributed by atoms with E-state index in [-0.39, 0.29) is 12.5 Å². The minimum absolute atomic E-state index is 0.0296. The summed E-state index contributed by atoms with van der Waals surface area (Å²) >= 11 is 0.996. The van der Waals surface area contributed by atoms with E-state index in [0.29, 0.717) is 34.7 Å². The van der Waals surface area contributed by atoms with Gasteiger partial charge in [0.25, 0.3) is 0 Å². The number of benzene rings is 1. The van der Waals surface area contributed by atoms with Gasteiger partial charge in [0.15, 0.2) is 0 Å². The predicted octanol–water partition coefficient (Wildman–Crippen LogP) is 2.50. The van der Waals surface area contributed by atoms with Crippen LogP contribution in [-0.2, 0) is 35.3 Å². The van der Waals surface area contributed by atoms with Crippen molar-refractivity contribution in [2.75, 3.05) is 17.2 Å². The number of rotatable bonds is 5. The van der Waals surface area contributed by atoms with Crippen LogP contribution in [0.2, 0.25) is 0 Å². The fourth-order valence-corrected chi connectivity index (χ4v) is 2.53. The zero-order valence-corrected chi connectivity index (χ0v) is 14.5. The van der Waals surface area contributed by atoms with Crippen LogP contribution in [0.4, 0.5) is 16.2 Å². The monoisotopic (exact) mass is 471 g/mol. The van der Waals surface area contributed by atoms with Crippen LogP contribution in [0.15, 0.2) is 23.3 Å². The van der Waals surface area contributed by atoms with Crippen molar-refractivity contribution in [2.45, 2.75) is 19.3 Å². The van der Waals surface area contributed by atoms with Crippen molar-refractivity contribution in [1.82, 2.24) is 0 Å². The summed E-state index contributed by atoms with van der Waals surface area (Å²) in [4.78, 5) is 25.8. The van der Waals surface area contributed by atoms with Gasteiger partial charge in [-0.2, -0.15) is 0 Å². The maximum absolute atomic E-state index is 11.8. The van der Waals surface area contributed by atoms with E-state index in [2.05, 4.69) is 20.7 Å². The van der Waals surface area contributed by atoms with Crippen molar-refractivity contribution in [3.63, 3.8) is 0 Å². The van der Waals surface area contributed by atoms with Gasteiger partial charge < -0.3 is 0 Å². The molecule has 2 N–H and O–H groups in total. The number of carbonyl (C=O) groups is 2. The first-order valence-corrected chi connectivity index (χ1v) is 8.00. The van der Waals surface area contributed by atoms with Crippen LogP contribution >= 0.6 is 0 Å². The molecule has 0 aliphatic carbocycles. The Morgan fingerprint density at radius 2 is 2.32 bits per heavy atom. The van der Waals surface area contributed by atoms with E-state index >= 15 is 0 Å². The quantitative estimate of drug-likeness (QED) is 0.391. The van der Waals surface area contributed by atoms with Crippen LogP contribution in [0.3, 0.4) is 0 Å². The molecule has 0 fully saturated rings. The minimum atomic E-state index is -0.604. The number of fused-ring (bicyclic) bond motifs is 1. The van der Waals surface area contributed by atoms with E-state index in [4.69, 9.17) is 10.3 Å². The third kappa shape index (κ3) is 4.68. The van der Waals surface area contributed by atoms with Crippen LogP contribution in [0.1, 0.15) is 18.4 Å². The van der Waals surface area contributed by atoms with Crippen molar-refractivity contribution in [2.24, 2.45) is 5.11 Å². The molecule has 0 spiro atoms. The molecule has 1 aromatic carbocycles. The molecule has 0 radical (unpaired) electrons. The second-order valence-corrected chi connectivity index (χ2v) is 6.15. The summed E-state index contributed by atoms with van der Waals surface area (Å²) < 4.78 is 5.64. The summed E-state index contributed by atoms with van der Waals surface area (Å²) in [7, 11) is 0. The Bertz CT molecular complexity index is 670. The molecule has 0 unspecified atom stereocenters. The standard InChI is InChI=1S/C13H13N5O3.W/c14-18-15-6-1-7-21-13(20)16-10-4-2-9-3-5-12(19)17-11(9)8-10;/h2,4,8H,1,3,5-6H2,(H,16,20)(H,17,19);. The van der Waals surface area contributed by atoms with Crippen LogP contribution < -0.4 is 10.6 Å². The van der Waals surface area contributed by atoms with Gasteiger partial charge in [0.05, 0.1) is 0 Å². The number of anilines is 2. The predicted molar refractivity (Wildman–Crippen MR) is 77.1 cm³/mol. The van der Waals surface area contributed by atoms with Crippen LogP contribution in [-0.4, -0.2) is 22.6 Å². The number of nitrogens with zero attached hydrogens (tertiary/aromatic N) is 3. The third-order valence-corrected chi connectivity index (χ3v) is 3.97. The van der Waals surface area contributed by atoms with E-state index in [1.807, 2.05) is 6.07 Å². The van der Waals surface area contributed by atoms with Gasteiger partial charge in [0.1, 0.15) is 0 Å². The average molecular weight is 471 g/mol. The Labute approximate surface area is 137 Å². The summed E-state index contributed by atoms with van der Waals surface area (Å²) in [5, 5.41) is 8.75. The Morgan fingerprint density at radius 1 is 1.50 bits per heavy atom. The molecule has 22 heavy (non-hydrogen) atoms. The summed E-state index contributed by atoms with van der Waals surface area (Å²) in [6.45, 7) is 0.257. The van der Waals surface area contributed by atoms with Gasteiger partial charge in [-0.1, -0.05) is 0 Å². The molecular weight excluding hydrogens is 458 g/mol. The summed E-state index contributed by atoms with van der Waals surface area (Å²) in [5.74, 6) is -0.0296. The van der Waals surface area contributed by atoms with Crippen molar-refractivity contribution >= 4 is 27.5 Å². The number of nitrogens with one attached hydrogen (secondary N) is 2. The molecule has 1 aromatic rings. The van der Waals surface area contributed by atoms with Crippen molar-refractivity contribution < 1.29 is 33.7 Å². The maximum atomic E-state index is 11.8. The van der Waals surface area contributed by atoms with Crippen molar-refractivity contribution in [3.05, 3.63) is 34.2 Å². The second kappa shape index (κ2) is 7.73. The Hall–Kier alpha value is -2.17. The normalized spacial score (nSPS) is 12.5. The molecule has 0 saturated carbocycles. The van der Waals surface area contributed by atoms with E-state index < -0.39 is 6.09 Å². The second-order valence-electron chi connectivity index (χ2n) is 4.51. The SMILES string of the molecule is [N-]=[N+]=NCC[C](=[W])OC(=O)Nc1ccc2c(c1)NC(=O)CC2. The van der Waals surface area contributed by atoms with E-state index in [0.717, 1.165) is 24.9 Å². The number of hydrogen-bond acceptors (Lipinski definition) is 4. The number of aryl methyl sites for hydroxylation is 1. The van der Waals surface area contributed by atoms with Crippen LogP contribution in [0.25, 0.3) is 10.4 Å². The molecule has 1 aliphatic heterocycles. The van der Waals surface area contributed by atoms with E-state index in [1.165, 1.54) is 0 Å². The number of hydrogen-bond donors (Lipinski definition) is 2. The Morgan fingerprint density at radius 3 is 3.09 bits per heavy atom. The number of amides is 2. The first kappa shape index (κ1) is 16.2. The average Bonchev–Trinajstić information content (AvgIpc) is 2.46. The van der Waals surface area contributed by atoms with E-state index in [9.17, 15) is 9.59 Å². The molecule has 114 valence electrons. The third-order valence-electron chi connectivity index (χ3n) is 2.94. The van der Waals surface area contributed by atoms with Gasteiger partial charge in [0, 0.05) is 0 Å². The van der Waals surface area contributed by atoms with Gasteiger partial charge >= 0.3 is 137 Å². The van der Waals surface area contributed by atoms with Crippen LogP contribution in [0, 0.1) is 0 Å². The molecule has 1 aliphatic rings. The van der Waals surface area contributed by atoms with Gasteiger partial charge in [-0.15, -0.1) is 0 Å². The van der Waals surface area contributed by atoms with Gasteiger partial charge in [-0.25, -0.2) is 0 Å². The Balaban J connectivity index is 1.91.